The minimum absolute atomic E-state index is 0.00644. The van der Waals surface area contributed by atoms with Gasteiger partial charge in [-0.15, -0.1) is 0 Å². The number of aliphatic imine (C=N–C) groups is 1. The number of hydrogen-bond donors (Lipinski definition) is 0. The van der Waals surface area contributed by atoms with Gasteiger partial charge in [-0.3, -0.25) is 19.8 Å². The molecule has 0 aromatic heterocycles. The molecule has 1 aliphatic heterocycles. The lowest BCUT2D eigenvalue weighted by atomic mass is 10.2. The first-order valence-corrected chi connectivity index (χ1v) is 12.5. The molecule has 9 nitrogen and oxygen atoms in total. The summed E-state index contributed by atoms with van der Waals surface area (Å²) in [5.74, 6) is -0.0514. The number of rotatable bonds is 7. The quantitative estimate of drug-likeness (QED) is 0.146. The number of benzene rings is 3. The normalized spacial score (nSPS) is 15.3. The molecule has 3 aromatic rings. The molecule has 0 aliphatic carbocycles. The van der Waals surface area contributed by atoms with E-state index in [1.807, 2.05) is 12.1 Å². The van der Waals surface area contributed by atoms with Crippen LogP contribution in [0.15, 0.2) is 81.1 Å². The first kappa shape index (κ1) is 26.1. The van der Waals surface area contributed by atoms with E-state index in [0.29, 0.717) is 37.1 Å². The smallest absolute Gasteiger partial charge is 0.337 e. The molecule has 1 aliphatic rings. The number of nitro benzene ring substituents is 1. The number of hydrogen-bond acceptors (Lipinski definition) is 8. The Bertz CT molecular complexity index is 1440. The third-order valence-electron chi connectivity index (χ3n) is 5.29. The van der Waals surface area contributed by atoms with E-state index in [9.17, 15) is 19.7 Å². The molecule has 4 rings (SSSR count). The number of likely N-dealkylation sites (N-methyl/N-ethyl adjacent to an activating group) is 1. The Labute approximate surface area is 225 Å². The van der Waals surface area contributed by atoms with E-state index in [0.717, 1.165) is 5.56 Å². The highest BCUT2D eigenvalue weighted by molar-refractivity contribution is 9.10. The number of nitrogens with zero attached hydrogens (tertiary/aromatic N) is 3. The van der Waals surface area contributed by atoms with Crippen molar-refractivity contribution in [1.29, 1.82) is 0 Å². The molecule has 0 saturated carbocycles. The van der Waals surface area contributed by atoms with Crippen molar-refractivity contribution in [3.8, 4) is 5.75 Å². The highest BCUT2D eigenvalue weighted by atomic mass is 79.9. The molecular formula is C26H20BrN3O6S. The molecule has 188 valence electrons. The maximum Gasteiger partial charge on any atom is 0.337 e. The van der Waals surface area contributed by atoms with E-state index in [4.69, 9.17) is 9.47 Å². The number of methoxy groups -OCH3 is 1. The van der Waals surface area contributed by atoms with Gasteiger partial charge in [0.05, 0.1) is 32.7 Å². The molecule has 37 heavy (non-hydrogen) atoms. The van der Waals surface area contributed by atoms with Gasteiger partial charge in [0, 0.05) is 19.2 Å². The molecule has 0 unspecified atom stereocenters. The summed E-state index contributed by atoms with van der Waals surface area (Å²) in [5.41, 5.74) is 2.48. The number of carbonyl (C=O) groups is 2. The zero-order valence-electron chi connectivity index (χ0n) is 19.7. The lowest BCUT2D eigenvalue weighted by Crippen LogP contribution is -2.23. The van der Waals surface area contributed by atoms with Crippen molar-refractivity contribution in [3.63, 3.8) is 0 Å². The van der Waals surface area contributed by atoms with Crippen LogP contribution in [-0.4, -0.2) is 41.0 Å². The Balaban J connectivity index is 1.46. The molecule has 3 aromatic carbocycles. The predicted molar refractivity (Wildman–Crippen MR) is 145 cm³/mol. The van der Waals surface area contributed by atoms with Crippen LogP contribution >= 0.6 is 27.7 Å². The number of amides is 1. The topological polar surface area (TPSA) is 111 Å². The first-order valence-electron chi connectivity index (χ1n) is 10.9. The lowest BCUT2D eigenvalue weighted by molar-refractivity contribution is -0.384. The number of nitro groups is 1. The van der Waals surface area contributed by atoms with E-state index in [1.54, 1.807) is 55.6 Å². The Hall–Kier alpha value is -3.96. The van der Waals surface area contributed by atoms with Crippen LogP contribution in [-0.2, 0) is 16.1 Å². The fourth-order valence-electron chi connectivity index (χ4n) is 3.35. The third-order valence-corrected chi connectivity index (χ3v) is 6.97. The summed E-state index contributed by atoms with van der Waals surface area (Å²) < 4.78 is 11.2. The summed E-state index contributed by atoms with van der Waals surface area (Å²) in [7, 11) is 2.97. The van der Waals surface area contributed by atoms with E-state index < -0.39 is 10.9 Å². The minimum Gasteiger partial charge on any atom is -0.488 e. The number of amidine groups is 1. The Morgan fingerprint density at radius 1 is 1.16 bits per heavy atom. The van der Waals surface area contributed by atoms with Gasteiger partial charge in [0.1, 0.15) is 12.4 Å². The van der Waals surface area contributed by atoms with E-state index in [1.165, 1.54) is 35.9 Å². The molecule has 0 radical (unpaired) electrons. The highest BCUT2D eigenvalue weighted by Crippen LogP contribution is 2.35. The maximum atomic E-state index is 12.8. The summed E-state index contributed by atoms with van der Waals surface area (Å²) in [6.45, 7) is 0.167. The van der Waals surface area contributed by atoms with Gasteiger partial charge in [-0.05, 0) is 81.3 Å². The van der Waals surface area contributed by atoms with Crippen LogP contribution in [0.5, 0.6) is 5.75 Å². The molecule has 1 heterocycles. The van der Waals surface area contributed by atoms with Crippen molar-refractivity contribution in [2.24, 2.45) is 4.99 Å². The molecule has 0 bridgehead atoms. The summed E-state index contributed by atoms with van der Waals surface area (Å²) in [6, 6.07) is 18.3. The van der Waals surface area contributed by atoms with Crippen molar-refractivity contribution < 1.29 is 24.0 Å². The van der Waals surface area contributed by atoms with Crippen LogP contribution in [0.3, 0.4) is 0 Å². The Morgan fingerprint density at radius 2 is 1.92 bits per heavy atom. The maximum absolute atomic E-state index is 12.8. The second-order valence-corrected chi connectivity index (χ2v) is 9.68. The van der Waals surface area contributed by atoms with E-state index in [2.05, 4.69) is 20.9 Å². The van der Waals surface area contributed by atoms with Gasteiger partial charge in [-0.2, -0.15) is 0 Å². The van der Waals surface area contributed by atoms with Gasteiger partial charge in [-0.25, -0.2) is 9.79 Å². The van der Waals surface area contributed by atoms with Gasteiger partial charge in [0.25, 0.3) is 11.6 Å². The second kappa shape index (κ2) is 11.4. The van der Waals surface area contributed by atoms with Gasteiger partial charge in [-0.1, -0.05) is 18.2 Å². The van der Waals surface area contributed by atoms with Crippen LogP contribution in [0.2, 0.25) is 0 Å². The number of carbonyl (C=O) groups excluding carboxylic acids is 2. The molecular weight excluding hydrogens is 562 g/mol. The van der Waals surface area contributed by atoms with Crippen LogP contribution in [0.4, 0.5) is 11.4 Å². The van der Waals surface area contributed by atoms with Gasteiger partial charge < -0.3 is 9.47 Å². The summed E-state index contributed by atoms with van der Waals surface area (Å²) in [6.07, 6.45) is 1.77. The number of non-ortho nitro benzene ring substituents is 1. The fourth-order valence-corrected chi connectivity index (χ4v) is 4.85. The standard InChI is InChI=1S/C26H20BrN3O6S/c1-29-24(31)23(37-26(29)28-19-9-7-18(8-10-19)25(32)35-2)14-16-6-11-22(21(27)13-16)36-15-17-4-3-5-20(12-17)30(33)34/h3-14H,15H2,1-2H3/b23-14-,28-26?. The lowest BCUT2D eigenvalue weighted by Gasteiger charge is -2.09. The van der Waals surface area contributed by atoms with Gasteiger partial charge >= 0.3 is 5.97 Å². The highest BCUT2D eigenvalue weighted by Gasteiger charge is 2.30. The van der Waals surface area contributed by atoms with Crippen LogP contribution in [0.1, 0.15) is 21.5 Å². The largest absolute Gasteiger partial charge is 0.488 e. The molecule has 0 N–H and O–H groups in total. The predicted octanol–water partition coefficient (Wildman–Crippen LogP) is 5.96. The van der Waals surface area contributed by atoms with Gasteiger partial charge in [0.15, 0.2) is 5.17 Å². The molecule has 11 heteroatoms. The van der Waals surface area contributed by atoms with Crippen molar-refractivity contribution in [3.05, 3.63) is 103 Å². The number of thioether (sulfide) groups is 1. The second-order valence-electron chi connectivity index (χ2n) is 7.81. The fraction of sp³-hybridized carbons (Fsp3) is 0.115. The average Bonchev–Trinajstić information content (AvgIpc) is 3.15. The molecule has 1 saturated heterocycles. The average molecular weight is 582 g/mol. The van der Waals surface area contributed by atoms with Crippen LogP contribution in [0, 0.1) is 10.1 Å². The van der Waals surface area contributed by atoms with Gasteiger partial charge in [0.2, 0.25) is 0 Å². The van der Waals surface area contributed by atoms with Crippen LogP contribution in [0.25, 0.3) is 6.08 Å². The number of esters is 1. The zero-order valence-corrected chi connectivity index (χ0v) is 22.1. The van der Waals surface area contributed by atoms with Crippen LogP contribution < -0.4 is 4.74 Å². The third kappa shape index (κ3) is 6.25. The summed E-state index contributed by atoms with van der Waals surface area (Å²) in [5, 5.41) is 11.5. The Morgan fingerprint density at radius 3 is 2.59 bits per heavy atom. The van der Waals surface area contributed by atoms with Crippen molar-refractivity contribution in [2.45, 2.75) is 6.61 Å². The minimum atomic E-state index is -0.446. The SMILES string of the molecule is COC(=O)c1ccc(N=C2S/C(=C\c3ccc(OCc4cccc([N+](=O)[O-])c4)c(Br)c3)C(=O)N2C)cc1. The zero-order chi connectivity index (χ0) is 26.5. The molecule has 0 spiro atoms. The van der Waals surface area contributed by atoms with Crippen molar-refractivity contribution in [1.82, 2.24) is 4.90 Å². The van der Waals surface area contributed by atoms with E-state index >= 15 is 0 Å². The Kier molecular flexibility index (Phi) is 8.04. The number of halogens is 1. The molecule has 1 amide bonds. The van der Waals surface area contributed by atoms with Crippen molar-refractivity contribution in [2.75, 3.05) is 14.2 Å². The van der Waals surface area contributed by atoms with Crippen molar-refractivity contribution >= 4 is 62.2 Å². The number of ether oxygens (including phenoxy) is 2. The molecule has 0 atom stereocenters. The monoisotopic (exact) mass is 581 g/mol. The summed E-state index contributed by atoms with van der Waals surface area (Å²) >= 11 is 4.74. The molecule has 1 fully saturated rings. The van der Waals surface area contributed by atoms with E-state index in [-0.39, 0.29) is 18.2 Å². The summed E-state index contributed by atoms with van der Waals surface area (Å²) in [4.78, 5) is 41.4. The first-order chi connectivity index (χ1) is 17.7.